The lowest BCUT2D eigenvalue weighted by Crippen LogP contribution is -3.11. The number of nitro benzene ring substituents is 1. The summed E-state index contributed by atoms with van der Waals surface area (Å²) in [5, 5.41) is 13.4. The number of benzene rings is 1. The van der Waals surface area contributed by atoms with Crippen molar-refractivity contribution in [1.82, 2.24) is 4.90 Å². The van der Waals surface area contributed by atoms with Crippen molar-refractivity contribution in [1.29, 1.82) is 0 Å². The second-order valence-electron chi connectivity index (χ2n) is 5.40. The Morgan fingerprint density at radius 3 is 2.50 bits per heavy atom. The molecule has 22 heavy (non-hydrogen) atoms. The number of quaternary nitrogens is 1. The van der Waals surface area contributed by atoms with E-state index < -0.39 is 4.92 Å². The van der Waals surface area contributed by atoms with Crippen LogP contribution in [0.5, 0.6) is 0 Å². The maximum Gasteiger partial charge on any atom is 0.279 e. The van der Waals surface area contributed by atoms with Gasteiger partial charge in [0.2, 0.25) is 0 Å². The molecule has 2 amide bonds. The van der Waals surface area contributed by atoms with Crippen molar-refractivity contribution < 1.29 is 19.4 Å². The molecule has 0 radical (unpaired) electrons. The van der Waals surface area contributed by atoms with Gasteiger partial charge >= 0.3 is 0 Å². The van der Waals surface area contributed by atoms with Crippen molar-refractivity contribution in [3.8, 4) is 0 Å². The van der Waals surface area contributed by atoms with Crippen LogP contribution in [0.2, 0.25) is 0 Å². The second-order valence-corrected chi connectivity index (χ2v) is 5.40. The van der Waals surface area contributed by atoms with Crippen LogP contribution in [0, 0.1) is 17.0 Å². The Balaban J connectivity index is 2.67. The smallest absolute Gasteiger partial charge is 0.279 e. The third kappa shape index (κ3) is 5.13. The minimum Gasteiger partial charge on any atom is -0.344 e. The number of nitro groups is 1. The Morgan fingerprint density at radius 2 is 1.95 bits per heavy atom. The Labute approximate surface area is 128 Å². The van der Waals surface area contributed by atoms with Crippen molar-refractivity contribution in [2.24, 2.45) is 0 Å². The average molecular weight is 309 g/mol. The van der Waals surface area contributed by atoms with E-state index in [1.807, 2.05) is 0 Å². The largest absolute Gasteiger partial charge is 0.344 e. The SMILES string of the molecule is Cc1ccc([N+](=O)[O-])cc1NC(=O)C[NH+](C)CC(=O)N(C)C. The Hall–Kier alpha value is -2.48. The number of aryl methyl sites for hydroxylation is 1. The molecule has 0 aliphatic rings. The van der Waals surface area contributed by atoms with E-state index >= 15 is 0 Å². The zero-order valence-electron chi connectivity index (χ0n) is 13.2. The van der Waals surface area contributed by atoms with E-state index in [9.17, 15) is 19.7 Å². The minimum atomic E-state index is -0.512. The number of nitrogens with zero attached hydrogens (tertiary/aromatic N) is 2. The molecule has 0 aromatic heterocycles. The first-order valence-corrected chi connectivity index (χ1v) is 6.77. The molecule has 8 nitrogen and oxygen atoms in total. The summed E-state index contributed by atoms with van der Waals surface area (Å²) in [6.07, 6.45) is 0. The molecule has 8 heteroatoms. The Morgan fingerprint density at radius 1 is 1.32 bits per heavy atom. The molecule has 0 saturated heterocycles. The van der Waals surface area contributed by atoms with Crippen LogP contribution in [0.3, 0.4) is 0 Å². The highest BCUT2D eigenvalue weighted by atomic mass is 16.6. The molecule has 0 bridgehead atoms. The first kappa shape index (κ1) is 17.6. The number of rotatable bonds is 6. The van der Waals surface area contributed by atoms with E-state index in [4.69, 9.17) is 0 Å². The van der Waals surface area contributed by atoms with E-state index in [2.05, 4.69) is 5.32 Å². The summed E-state index contributed by atoms with van der Waals surface area (Å²) < 4.78 is 0. The van der Waals surface area contributed by atoms with Crippen LogP contribution in [0.25, 0.3) is 0 Å². The molecule has 1 unspecified atom stereocenters. The lowest BCUT2D eigenvalue weighted by molar-refractivity contribution is -0.862. The van der Waals surface area contributed by atoms with Gasteiger partial charge in [-0.15, -0.1) is 0 Å². The first-order chi connectivity index (χ1) is 10.2. The van der Waals surface area contributed by atoms with E-state index in [1.54, 1.807) is 34.1 Å². The molecule has 0 aliphatic carbocycles. The van der Waals surface area contributed by atoms with E-state index in [0.29, 0.717) is 5.69 Å². The van der Waals surface area contributed by atoms with Crippen molar-refractivity contribution in [3.63, 3.8) is 0 Å². The predicted octanol–water partition coefficient (Wildman–Crippen LogP) is -0.555. The molecule has 0 saturated carbocycles. The Kier molecular flexibility index (Phi) is 6.00. The molecule has 1 aromatic rings. The summed E-state index contributed by atoms with van der Waals surface area (Å²) in [4.78, 5) is 36.0. The van der Waals surface area contributed by atoms with Crippen LogP contribution in [-0.4, -0.2) is 55.9 Å². The van der Waals surface area contributed by atoms with Gasteiger partial charge in [-0.2, -0.15) is 0 Å². The Bertz CT molecular complexity index is 586. The molecule has 1 atom stereocenters. The monoisotopic (exact) mass is 309 g/mol. The molecular weight excluding hydrogens is 288 g/mol. The lowest BCUT2D eigenvalue weighted by Gasteiger charge is -2.16. The van der Waals surface area contributed by atoms with Crippen molar-refractivity contribution in [2.75, 3.05) is 39.5 Å². The number of likely N-dealkylation sites (N-methyl/N-ethyl adjacent to an activating group) is 2. The molecule has 1 rings (SSSR count). The molecule has 120 valence electrons. The zero-order chi connectivity index (χ0) is 16.9. The number of anilines is 1. The highest BCUT2D eigenvalue weighted by Gasteiger charge is 2.17. The van der Waals surface area contributed by atoms with Gasteiger partial charge in [0.15, 0.2) is 13.1 Å². The van der Waals surface area contributed by atoms with Crippen LogP contribution in [0.1, 0.15) is 5.56 Å². The summed E-state index contributed by atoms with van der Waals surface area (Å²) in [6, 6.07) is 4.30. The quantitative estimate of drug-likeness (QED) is 0.544. The van der Waals surface area contributed by atoms with Gasteiger partial charge in [0.1, 0.15) is 0 Å². The topological polar surface area (TPSA) is 97.0 Å². The number of amides is 2. The minimum absolute atomic E-state index is 0.0724. The third-order valence-electron chi connectivity index (χ3n) is 3.12. The fraction of sp³-hybridized carbons (Fsp3) is 0.429. The molecule has 0 aliphatic heterocycles. The van der Waals surface area contributed by atoms with Gasteiger partial charge < -0.3 is 15.1 Å². The summed E-state index contributed by atoms with van der Waals surface area (Å²) in [5.74, 6) is -0.371. The highest BCUT2D eigenvalue weighted by molar-refractivity contribution is 5.92. The van der Waals surface area contributed by atoms with Gasteiger partial charge in [0.25, 0.3) is 17.5 Å². The van der Waals surface area contributed by atoms with Crippen LogP contribution in [-0.2, 0) is 9.59 Å². The van der Waals surface area contributed by atoms with Gasteiger partial charge in [0, 0.05) is 26.2 Å². The van der Waals surface area contributed by atoms with Crippen molar-refractivity contribution in [3.05, 3.63) is 33.9 Å². The maximum absolute atomic E-state index is 12.0. The van der Waals surface area contributed by atoms with Gasteiger partial charge in [-0.1, -0.05) is 6.07 Å². The van der Waals surface area contributed by atoms with E-state index in [1.165, 1.54) is 17.0 Å². The molecular formula is C14H21N4O4+. The average Bonchev–Trinajstić information content (AvgIpc) is 2.40. The summed E-state index contributed by atoms with van der Waals surface area (Å²) in [5.41, 5.74) is 1.07. The van der Waals surface area contributed by atoms with Gasteiger partial charge in [0.05, 0.1) is 17.7 Å². The van der Waals surface area contributed by atoms with Crippen molar-refractivity contribution >= 4 is 23.2 Å². The van der Waals surface area contributed by atoms with Gasteiger partial charge in [-0.3, -0.25) is 19.7 Å². The van der Waals surface area contributed by atoms with Gasteiger partial charge in [-0.05, 0) is 12.5 Å². The lowest BCUT2D eigenvalue weighted by atomic mass is 10.2. The third-order valence-corrected chi connectivity index (χ3v) is 3.12. The predicted molar refractivity (Wildman–Crippen MR) is 81.8 cm³/mol. The number of carbonyl (C=O) groups is 2. The summed E-state index contributed by atoms with van der Waals surface area (Å²) in [7, 11) is 5.05. The zero-order valence-corrected chi connectivity index (χ0v) is 13.2. The number of nitrogens with one attached hydrogen (secondary N) is 2. The fourth-order valence-electron chi connectivity index (χ4n) is 1.81. The van der Waals surface area contributed by atoms with Gasteiger partial charge in [-0.25, -0.2) is 0 Å². The maximum atomic E-state index is 12.0. The molecule has 1 aromatic carbocycles. The number of hydrogen-bond donors (Lipinski definition) is 2. The van der Waals surface area contributed by atoms with Crippen molar-refractivity contribution in [2.45, 2.75) is 6.92 Å². The van der Waals surface area contributed by atoms with Crippen LogP contribution in [0.4, 0.5) is 11.4 Å². The summed E-state index contributed by atoms with van der Waals surface area (Å²) in [6.45, 7) is 2.06. The first-order valence-electron chi connectivity index (χ1n) is 6.77. The standard InChI is InChI=1S/C14H20N4O4/c1-10-5-6-11(18(21)22)7-12(10)15-13(19)8-17(4)9-14(20)16(2)3/h5-7H,8-9H2,1-4H3,(H,15,19)/p+1. The molecule has 0 heterocycles. The highest BCUT2D eigenvalue weighted by Crippen LogP contribution is 2.21. The normalized spacial score (nSPS) is 11.6. The summed E-state index contributed by atoms with van der Waals surface area (Å²) >= 11 is 0. The van der Waals surface area contributed by atoms with Crippen LogP contribution < -0.4 is 10.2 Å². The fourth-order valence-corrected chi connectivity index (χ4v) is 1.81. The van der Waals surface area contributed by atoms with Crippen LogP contribution in [0.15, 0.2) is 18.2 Å². The van der Waals surface area contributed by atoms with E-state index in [0.717, 1.165) is 10.5 Å². The molecule has 0 spiro atoms. The second kappa shape index (κ2) is 7.51. The molecule has 0 fully saturated rings. The number of non-ortho nitro benzene ring substituents is 1. The number of carbonyl (C=O) groups excluding carboxylic acids is 2. The number of hydrogen-bond acceptors (Lipinski definition) is 4. The van der Waals surface area contributed by atoms with E-state index in [-0.39, 0.29) is 30.6 Å². The van der Waals surface area contributed by atoms with Crippen LogP contribution >= 0.6 is 0 Å². The molecule has 2 N–H and O–H groups in total.